The van der Waals surface area contributed by atoms with Crippen LogP contribution in [0.3, 0.4) is 0 Å². The molecule has 3 rings (SSSR count). The lowest BCUT2D eigenvalue weighted by Gasteiger charge is -2.10. The fourth-order valence-electron chi connectivity index (χ4n) is 2.18. The summed E-state index contributed by atoms with van der Waals surface area (Å²) in [5.41, 5.74) is 3.01. The van der Waals surface area contributed by atoms with Crippen molar-refractivity contribution in [3.8, 4) is 0 Å². The van der Waals surface area contributed by atoms with Crippen LogP contribution in [0, 0.1) is 6.92 Å². The Balaban J connectivity index is 1.74. The quantitative estimate of drug-likeness (QED) is 0.554. The second-order valence-electron chi connectivity index (χ2n) is 5.47. The van der Waals surface area contributed by atoms with E-state index in [1.165, 1.54) is 0 Å². The minimum Gasteiger partial charge on any atom is -0.368 e. The zero-order valence-corrected chi connectivity index (χ0v) is 13.7. The molecule has 0 unspecified atom stereocenters. The molecule has 0 aliphatic carbocycles. The maximum Gasteiger partial charge on any atom is 0.190 e. The van der Waals surface area contributed by atoms with Gasteiger partial charge in [-0.25, -0.2) is 15.0 Å². The number of hydrogen-bond donors (Lipinski definition) is 2. The molecule has 2 N–H and O–H groups in total. The van der Waals surface area contributed by atoms with Crippen molar-refractivity contribution in [2.45, 2.75) is 37.7 Å². The molecule has 0 atom stereocenters. The molecule has 2 heterocycles. The van der Waals surface area contributed by atoms with E-state index in [-0.39, 0.29) is 0 Å². The first-order valence-electron chi connectivity index (χ1n) is 7.29. The molecule has 0 amide bonds. The van der Waals surface area contributed by atoms with Gasteiger partial charge in [-0.3, -0.25) is 0 Å². The van der Waals surface area contributed by atoms with Crippen molar-refractivity contribution in [3.63, 3.8) is 0 Å². The number of benzene rings is 1. The summed E-state index contributed by atoms with van der Waals surface area (Å²) in [6.45, 7) is 6.18. The molecule has 2 aromatic heterocycles. The van der Waals surface area contributed by atoms with Crippen LogP contribution in [-0.2, 0) is 5.75 Å². The highest BCUT2D eigenvalue weighted by Crippen LogP contribution is 2.21. The highest BCUT2D eigenvalue weighted by molar-refractivity contribution is 7.98. The molecule has 0 radical (unpaired) electrons. The fraction of sp³-hybridized carbons (Fsp3) is 0.312. The molecular formula is C16H19N5S. The van der Waals surface area contributed by atoms with E-state index in [4.69, 9.17) is 0 Å². The number of thioether (sulfide) groups is 1. The van der Waals surface area contributed by atoms with Crippen molar-refractivity contribution in [2.75, 3.05) is 5.32 Å². The van der Waals surface area contributed by atoms with Crippen LogP contribution < -0.4 is 5.32 Å². The summed E-state index contributed by atoms with van der Waals surface area (Å²) >= 11 is 1.59. The Morgan fingerprint density at radius 2 is 2.00 bits per heavy atom. The molecule has 5 nitrogen and oxygen atoms in total. The van der Waals surface area contributed by atoms with Crippen molar-refractivity contribution < 1.29 is 0 Å². The third-order valence-corrected chi connectivity index (χ3v) is 3.91. The molecule has 3 aromatic rings. The average molecular weight is 313 g/mol. The number of fused-ring (bicyclic) bond motifs is 1. The first-order chi connectivity index (χ1) is 10.6. The largest absolute Gasteiger partial charge is 0.368 e. The van der Waals surface area contributed by atoms with Gasteiger partial charge in [0.15, 0.2) is 5.16 Å². The van der Waals surface area contributed by atoms with E-state index < -0.39 is 0 Å². The summed E-state index contributed by atoms with van der Waals surface area (Å²) in [7, 11) is 0. The number of nitrogens with zero attached hydrogens (tertiary/aromatic N) is 3. The van der Waals surface area contributed by atoms with Crippen molar-refractivity contribution >= 4 is 28.6 Å². The number of aromatic nitrogens is 4. The third kappa shape index (κ3) is 3.57. The molecule has 114 valence electrons. The van der Waals surface area contributed by atoms with Crippen molar-refractivity contribution in [1.82, 2.24) is 19.9 Å². The van der Waals surface area contributed by atoms with E-state index in [2.05, 4.69) is 39.1 Å². The van der Waals surface area contributed by atoms with Crippen molar-refractivity contribution in [1.29, 1.82) is 0 Å². The molecule has 0 saturated carbocycles. The van der Waals surface area contributed by atoms with Crippen LogP contribution in [0.2, 0.25) is 0 Å². The Labute approximate surface area is 134 Å². The molecule has 22 heavy (non-hydrogen) atoms. The van der Waals surface area contributed by atoms with Gasteiger partial charge in [0.2, 0.25) is 0 Å². The van der Waals surface area contributed by atoms with Gasteiger partial charge in [0, 0.05) is 17.8 Å². The number of anilines is 1. The maximum atomic E-state index is 4.57. The van der Waals surface area contributed by atoms with Gasteiger partial charge in [-0.05, 0) is 32.9 Å². The monoisotopic (exact) mass is 313 g/mol. The van der Waals surface area contributed by atoms with Gasteiger partial charge in [-0.15, -0.1) is 0 Å². The van der Waals surface area contributed by atoms with Gasteiger partial charge in [0.05, 0.1) is 16.8 Å². The summed E-state index contributed by atoms with van der Waals surface area (Å²) in [5, 5.41) is 4.08. The molecular weight excluding hydrogens is 294 g/mol. The summed E-state index contributed by atoms with van der Waals surface area (Å²) in [6, 6.07) is 10.4. The van der Waals surface area contributed by atoms with Crippen LogP contribution in [0.15, 0.2) is 35.5 Å². The summed E-state index contributed by atoms with van der Waals surface area (Å²) < 4.78 is 0. The summed E-state index contributed by atoms with van der Waals surface area (Å²) in [4.78, 5) is 16.9. The summed E-state index contributed by atoms with van der Waals surface area (Å²) in [6.07, 6.45) is 0. The highest BCUT2D eigenvalue weighted by Gasteiger charge is 2.07. The zero-order valence-electron chi connectivity index (χ0n) is 12.9. The Hall–Kier alpha value is -2.08. The smallest absolute Gasteiger partial charge is 0.190 e. The number of aryl methyl sites for hydroxylation is 1. The highest BCUT2D eigenvalue weighted by atomic mass is 32.2. The molecule has 6 heteroatoms. The lowest BCUT2D eigenvalue weighted by molar-refractivity contribution is 0.858. The number of rotatable bonds is 5. The first-order valence-corrected chi connectivity index (χ1v) is 8.27. The number of nitrogens with one attached hydrogen (secondary N) is 2. The van der Waals surface area contributed by atoms with Crippen LogP contribution in [-0.4, -0.2) is 26.0 Å². The SMILES string of the molecule is Cc1cc(NC(C)C)nc(SCc2nc3ccccc3[nH]2)n1. The van der Waals surface area contributed by atoms with E-state index >= 15 is 0 Å². The standard InChI is InChI=1S/C16H19N5S/c1-10(2)17-14-8-11(3)18-16(21-14)22-9-15-19-12-6-4-5-7-13(12)20-15/h4-8,10H,9H2,1-3H3,(H,19,20)(H,17,18,21). The predicted molar refractivity (Wildman–Crippen MR) is 91.2 cm³/mol. The molecule has 0 aliphatic rings. The van der Waals surface area contributed by atoms with E-state index in [1.54, 1.807) is 11.8 Å². The van der Waals surface area contributed by atoms with Crippen molar-refractivity contribution in [3.05, 3.63) is 41.9 Å². The van der Waals surface area contributed by atoms with Crippen LogP contribution in [0.25, 0.3) is 11.0 Å². The molecule has 0 bridgehead atoms. The average Bonchev–Trinajstić information content (AvgIpc) is 2.86. The lowest BCUT2D eigenvalue weighted by atomic mass is 10.3. The second kappa shape index (κ2) is 6.36. The Morgan fingerprint density at radius 1 is 1.18 bits per heavy atom. The predicted octanol–water partition coefficient (Wildman–Crippen LogP) is 3.77. The lowest BCUT2D eigenvalue weighted by Crippen LogP contribution is -2.11. The second-order valence-corrected chi connectivity index (χ2v) is 6.41. The minimum absolute atomic E-state index is 0.350. The Bertz CT molecular complexity index is 748. The Kier molecular flexibility index (Phi) is 4.29. The number of aromatic amines is 1. The fourth-order valence-corrected chi connectivity index (χ4v) is 2.96. The van der Waals surface area contributed by atoms with E-state index in [0.717, 1.165) is 39.3 Å². The van der Waals surface area contributed by atoms with Gasteiger partial charge in [0.25, 0.3) is 0 Å². The van der Waals surface area contributed by atoms with Gasteiger partial charge < -0.3 is 10.3 Å². The maximum absolute atomic E-state index is 4.57. The van der Waals surface area contributed by atoms with E-state index in [9.17, 15) is 0 Å². The number of H-pyrrole nitrogens is 1. The van der Waals surface area contributed by atoms with Gasteiger partial charge in [-0.2, -0.15) is 0 Å². The Morgan fingerprint density at radius 3 is 2.77 bits per heavy atom. The molecule has 0 aliphatic heterocycles. The zero-order chi connectivity index (χ0) is 15.5. The third-order valence-electron chi connectivity index (χ3n) is 3.05. The van der Waals surface area contributed by atoms with Gasteiger partial charge in [-0.1, -0.05) is 23.9 Å². The first kappa shape index (κ1) is 14.8. The van der Waals surface area contributed by atoms with Crippen LogP contribution in [0.5, 0.6) is 0 Å². The minimum atomic E-state index is 0.350. The topological polar surface area (TPSA) is 66.5 Å². The van der Waals surface area contributed by atoms with Gasteiger partial charge in [0.1, 0.15) is 11.6 Å². The van der Waals surface area contributed by atoms with Crippen LogP contribution >= 0.6 is 11.8 Å². The molecule has 0 fully saturated rings. The van der Waals surface area contributed by atoms with E-state index in [1.807, 2.05) is 37.3 Å². The van der Waals surface area contributed by atoms with E-state index in [0.29, 0.717) is 6.04 Å². The number of hydrogen-bond acceptors (Lipinski definition) is 5. The molecule has 1 aromatic carbocycles. The summed E-state index contributed by atoms with van der Waals surface area (Å²) in [5.74, 6) is 2.53. The molecule has 0 spiro atoms. The number of imidazole rings is 1. The van der Waals surface area contributed by atoms with Crippen molar-refractivity contribution in [2.24, 2.45) is 0 Å². The van der Waals surface area contributed by atoms with Crippen LogP contribution in [0.1, 0.15) is 25.4 Å². The number of para-hydroxylation sites is 2. The normalized spacial score (nSPS) is 11.3. The molecule has 0 saturated heterocycles. The van der Waals surface area contributed by atoms with Gasteiger partial charge >= 0.3 is 0 Å². The van der Waals surface area contributed by atoms with Crippen LogP contribution in [0.4, 0.5) is 5.82 Å².